The van der Waals surface area contributed by atoms with Crippen LogP contribution in [-0.4, -0.2) is 42.2 Å². The second kappa shape index (κ2) is 22.9. The average molecular weight is 1050 g/mol. The first-order chi connectivity index (χ1) is 32.7. The number of aromatic nitrogens is 2. The van der Waals surface area contributed by atoms with Gasteiger partial charge in [-0.2, -0.15) is 5.10 Å². The summed E-state index contributed by atoms with van der Waals surface area (Å²) in [4.78, 5) is 27.2. The quantitative estimate of drug-likeness (QED) is 0.0623. The summed E-state index contributed by atoms with van der Waals surface area (Å²) in [5.41, 5.74) is 9.62. The number of halogens is 3. The fraction of sp³-hybridized carbons (Fsp3) is 0.0877. The van der Waals surface area contributed by atoms with Gasteiger partial charge in [-0.05, 0) is 63.2 Å². The average Bonchev–Trinajstić information content (AvgIpc) is 4.07. The molecule has 0 unspecified atom stereocenters. The predicted molar refractivity (Wildman–Crippen MR) is 276 cm³/mol. The van der Waals surface area contributed by atoms with E-state index in [1.165, 1.54) is 14.2 Å². The molecule has 10 rings (SSSR count). The molecule has 0 aliphatic carbocycles. The number of rotatable bonds is 9. The molecule has 8 aromatic carbocycles. The summed E-state index contributed by atoms with van der Waals surface area (Å²) >= 11 is 14.1. The van der Waals surface area contributed by atoms with Crippen LogP contribution in [0.1, 0.15) is 66.7 Å². The van der Waals surface area contributed by atoms with Crippen LogP contribution in [0.25, 0.3) is 10.9 Å². The Morgan fingerprint density at radius 2 is 0.926 bits per heavy atom. The molecule has 0 saturated heterocycles. The third-order valence-electron chi connectivity index (χ3n) is 11.6. The summed E-state index contributed by atoms with van der Waals surface area (Å²) in [7, 11) is 2.76. The molecule has 0 spiro atoms. The van der Waals surface area contributed by atoms with Crippen LogP contribution in [0.15, 0.2) is 226 Å². The Morgan fingerprint density at radius 3 is 1.32 bits per heavy atom. The van der Waals surface area contributed by atoms with E-state index < -0.39 is 16.4 Å². The normalized spacial score (nSPS) is 11.5. The molecule has 0 amide bonds. The number of esters is 2. The fourth-order valence-electron chi connectivity index (χ4n) is 8.42. The molecule has 68 heavy (non-hydrogen) atoms. The molecule has 0 radical (unpaired) electrons. The largest absolute Gasteiger partial charge is 1.00 e. The van der Waals surface area contributed by atoms with E-state index in [0.717, 1.165) is 64.4 Å². The summed E-state index contributed by atoms with van der Waals surface area (Å²) in [6.45, 7) is 0.638. The third kappa shape index (κ3) is 10.2. The summed E-state index contributed by atoms with van der Waals surface area (Å²) in [6, 6.07) is 68.8. The van der Waals surface area contributed by atoms with Crippen LogP contribution in [-0.2, 0) is 26.4 Å². The first-order valence-corrected chi connectivity index (χ1v) is 23.3. The molecule has 0 N–H and O–H groups in total. The molecule has 1 aliphatic rings. The summed E-state index contributed by atoms with van der Waals surface area (Å²) in [5.74, 6) is -0.713. The Hall–Kier alpha value is -5.91. The van der Waals surface area contributed by atoms with Gasteiger partial charge in [-0.3, -0.25) is 4.99 Å². The van der Waals surface area contributed by atoms with Crippen LogP contribution in [0.3, 0.4) is 0 Å². The molecule has 1 aromatic heterocycles. The zero-order valence-corrected chi connectivity index (χ0v) is 43.5. The molecule has 0 fully saturated rings. The number of benzene rings is 8. The molecule has 334 valence electrons. The second-order valence-electron chi connectivity index (χ2n) is 15.5. The van der Waals surface area contributed by atoms with E-state index in [2.05, 4.69) is 114 Å². The number of methoxy groups -OCH3 is 2. The molecule has 7 nitrogen and oxygen atoms in total. The maximum absolute atomic E-state index is 12.4. The van der Waals surface area contributed by atoms with Crippen LogP contribution in [0.5, 0.6) is 0 Å². The molecule has 2 heterocycles. The smallest absolute Gasteiger partial charge is 1.00 e. The molecule has 11 heteroatoms. The van der Waals surface area contributed by atoms with Crippen molar-refractivity contribution in [1.29, 1.82) is 0 Å². The standard InChI is InChI=1S/C28H21BrN2O2.C19H15Cl.C10H8BrNO2.Na.H/c1-33-27(32)20-17-25(29)24-19-30-31(26(24)18-20)28(21-11-5-2-6-12-21,22-13-7-3-8-14-22)23-15-9-4-10-16-23;20-19(16-10-4-1-5-11-16,17-12-6-2-7-13-17)18-14-8-3-9-15-18;1-14-10(13)6-2-7-4-12-5-8(7)9(11)3-6;;/h2-19H,1H3;1-15H;2-3,5H,4H2,1H3;;/q;;;+1;-1. The van der Waals surface area contributed by atoms with Crippen molar-refractivity contribution in [3.05, 3.63) is 277 Å². The van der Waals surface area contributed by atoms with Crippen LogP contribution in [0, 0.1) is 0 Å². The Balaban J connectivity index is 0.000000185. The van der Waals surface area contributed by atoms with E-state index in [4.69, 9.17) is 21.4 Å². The first kappa shape index (κ1) is 50.0. The topological polar surface area (TPSA) is 82.8 Å². The molecular weight excluding hydrogens is 1010 g/mol. The van der Waals surface area contributed by atoms with Crippen molar-refractivity contribution in [1.82, 2.24) is 9.78 Å². The van der Waals surface area contributed by atoms with Gasteiger partial charge in [0.1, 0.15) is 10.4 Å². The SMILES string of the molecule is COC(=O)c1cc(Br)c2c(c1)CN=C2.COC(=O)c1cc(Br)c2cnn(C(c3ccccc3)(c3ccccc3)c3ccccc3)c2c1.ClC(c1ccccc1)(c1ccccc1)c1ccccc1.[H-].[Na+]. The minimum absolute atomic E-state index is 0. The number of alkyl halides is 1. The molecule has 1 aliphatic heterocycles. The van der Waals surface area contributed by atoms with Gasteiger partial charge in [-0.1, -0.05) is 214 Å². The maximum Gasteiger partial charge on any atom is 1.00 e. The predicted octanol–water partition coefficient (Wildman–Crippen LogP) is 10.9. The number of fused-ring (bicyclic) bond motifs is 2. The van der Waals surface area contributed by atoms with E-state index in [0.29, 0.717) is 17.7 Å². The van der Waals surface area contributed by atoms with Gasteiger partial charge in [0.25, 0.3) is 0 Å². The number of nitrogens with zero attached hydrogens (tertiary/aromatic N) is 3. The van der Waals surface area contributed by atoms with Gasteiger partial charge in [0.2, 0.25) is 0 Å². The zero-order chi connectivity index (χ0) is 46.8. The van der Waals surface area contributed by atoms with E-state index in [9.17, 15) is 9.59 Å². The Labute approximate surface area is 441 Å². The second-order valence-corrected chi connectivity index (χ2v) is 17.8. The minimum atomic E-state index is -0.764. The fourth-order valence-corrected chi connectivity index (χ4v) is 9.95. The van der Waals surface area contributed by atoms with Crippen LogP contribution in [0.2, 0.25) is 0 Å². The molecule has 0 bridgehead atoms. The molecular formula is C57H45Br2ClN3NaO4. The maximum atomic E-state index is 12.4. The van der Waals surface area contributed by atoms with Crippen LogP contribution >= 0.6 is 43.5 Å². The monoisotopic (exact) mass is 1050 g/mol. The molecule has 0 saturated carbocycles. The van der Waals surface area contributed by atoms with Gasteiger partial charge < -0.3 is 10.9 Å². The summed E-state index contributed by atoms with van der Waals surface area (Å²) in [5, 5.41) is 5.83. The van der Waals surface area contributed by atoms with Crippen LogP contribution < -0.4 is 29.6 Å². The van der Waals surface area contributed by atoms with Crippen molar-refractivity contribution in [2.45, 2.75) is 17.0 Å². The first-order valence-electron chi connectivity index (χ1n) is 21.4. The van der Waals surface area contributed by atoms with Gasteiger partial charge in [0, 0.05) is 26.1 Å². The van der Waals surface area contributed by atoms with Crippen molar-refractivity contribution >= 4 is 72.5 Å². The Kier molecular flexibility index (Phi) is 16.9. The number of carbonyl (C=O) groups excluding carboxylic acids is 2. The van der Waals surface area contributed by atoms with E-state index in [1.54, 1.807) is 18.3 Å². The summed E-state index contributed by atoms with van der Waals surface area (Å²) < 4.78 is 13.3. The third-order valence-corrected chi connectivity index (χ3v) is 13.6. The van der Waals surface area contributed by atoms with Gasteiger partial charge >= 0.3 is 41.5 Å². The Morgan fingerprint density at radius 1 is 0.559 bits per heavy atom. The Bertz CT molecular complexity index is 2960. The van der Waals surface area contributed by atoms with Gasteiger partial charge in [-0.15, -0.1) is 11.6 Å². The van der Waals surface area contributed by atoms with Gasteiger partial charge in [0.05, 0.1) is 43.6 Å². The van der Waals surface area contributed by atoms with Crippen LogP contribution in [0.4, 0.5) is 0 Å². The minimum Gasteiger partial charge on any atom is -1.00 e. The van der Waals surface area contributed by atoms with E-state index >= 15 is 0 Å². The number of ether oxygens (including phenoxy) is 2. The number of hydrogen-bond donors (Lipinski definition) is 0. The van der Waals surface area contributed by atoms with E-state index in [1.807, 2.05) is 132 Å². The van der Waals surface area contributed by atoms with Crippen molar-refractivity contribution < 1.29 is 50.0 Å². The molecule has 9 aromatic rings. The van der Waals surface area contributed by atoms with Crippen molar-refractivity contribution in [3.63, 3.8) is 0 Å². The van der Waals surface area contributed by atoms with E-state index in [-0.39, 0.29) is 37.0 Å². The van der Waals surface area contributed by atoms with Crippen molar-refractivity contribution in [2.24, 2.45) is 4.99 Å². The van der Waals surface area contributed by atoms with Crippen molar-refractivity contribution in [3.8, 4) is 0 Å². The number of hydrogen-bond acceptors (Lipinski definition) is 6. The number of carbonyl (C=O) groups is 2. The summed E-state index contributed by atoms with van der Waals surface area (Å²) in [6.07, 6.45) is 3.64. The van der Waals surface area contributed by atoms with Gasteiger partial charge in [0.15, 0.2) is 0 Å². The van der Waals surface area contributed by atoms with Gasteiger partial charge in [-0.25, -0.2) is 14.3 Å². The van der Waals surface area contributed by atoms with Crippen molar-refractivity contribution in [2.75, 3.05) is 14.2 Å². The molecule has 0 atom stereocenters. The number of aliphatic imine (C=N–C) groups is 1. The zero-order valence-electron chi connectivity index (χ0n) is 38.6.